The fraction of sp³-hybridized carbons (Fsp3) is 0.294. The van der Waals surface area contributed by atoms with Crippen LogP contribution in [0.15, 0.2) is 83.2 Å². The van der Waals surface area contributed by atoms with Crippen molar-refractivity contribution in [3.63, 3.8) is 0 Å². The molecule has 0 aliphatic carbocycles. The quantitative estimate of drug-likeness (QED) is 0.204. The van der Waals surface area contributed by atoms with Gasteiger partial charge in [0.05, 0.1) is 25.9 Å². The second-order valence-electron chi connectivity index (χ2n) is 11.1. The summed E-state index contributed by atoms with van der Waals surface area (Å²) in [4.78, 5) is 33.2. The van der Waals surface area contributed by atoms with E-state index in [0.29, 0.717) is 76.6 Å². The highest BCUT2D eigenvalue weighted by molar-refractivity contribution is 7.98. The molecule has 1 aromatic heterocycles. The maximum atomic E-state index is 14.0. The number of aromatic nitrogens is 3. The van der Waals surface area contributed by atoms with Gasteiger partial charge in [-0.25, -0.2) is 4.68 Å². The number of methoxy groups -OCH3 is 1. The fourth-order valence-corrected chi connectivity index (χ4v) is 6.61. The van der Waals surface area contributed by atoms with Crippen LogP contribution in [0.1, 0.15) is 29.7 Å². The number of fused-ring (bicyclic) bond motifs is 1. The van der Waals surface area contributed by atoms with Gasteiger partial charge in [0.1, 0.15) is 6.04 Å². The van der Waals surface area contributed by atoms with Crippen molar-refractivity contribution in [2.24, 2.45) is 0 Å². The van der Waals surface area contributed by atoms with E-state index >= 15 is 0 Å². The van der Waals surface area contributed by atoms with Crippen molar-refractivity contribution in [1.29, 1.82) is 0 Å². The second-order valence-corrected chi connectivity index (χ2v) is 12.5. The summed E-state index contributed by atoms with van der Waals surface area (Å²) in [6.07, 6.45) is 0. The highest BCUT2D eigenvalue weighted by Gasteiger charge is 2.35. The summed E-state index contributed by atoms with van der Waals surface area (Å²) < 4.78 is 18.7. The molecule has 11 nitrogen and oxygen atoms in total. The third-order valence-corrected chi connectivity index (χ3v) is 9.14. The van der Waals surface area contributed by atoms with Crippen molar-refractivity contribution in [1.82, 2.24) is 19.7 Å². The number of carbonyl (C=O) groups excluding carboxylic acids is 2. The Morgan fingerprint density at radius 2 is 1.87 bits per heavy atom. The monoisotopic (exact) mass is 674 g/mol. The first kappa shape index (κ1) is 32.4. The first-order chi connectivity index (χ1) is 22.8. The van der Waals surface area contributed by atoms with Crippen molar-refractivity contribution in [3.05, 3.63) is 99.7 Å². The first-order valence-corrected chi connectivity index (χ1v) is 16.5. The average Bonchev–Trinajstić information content (AvgIpc) is 3.48. The van der Waals surface area contributed by atoms with Gasteiger partial charge in [0.2, 0.25) is 11.1 Å². The van der Waals surface area contributed by atoms with E-state index in [2.05, 4.69) is 10.6 Å². The lowest BCUT2D eigenvalue weighted by Crippen LogP contribution is -2.43. The molecular formula is C34H35ClN6O5S. The topological polar surface area (TPSA) is 120 Å². The zero-order valence-electron chi connectivity index (χ0n) is 26.3. The van der Waals surface area contributed by atoms with Crippen LogP contribution in [-0.4, -0.2) is 71.5 Å². The minimum atomic E-state index is -0.656. The lowest BCUT2D eigenvalue weighted by molar-refractivity contribution is -0.137. The van der Waals surface area contributed by atoms with Gasteiger partial charge in [0, 0.05) is 35.2 Å². The van der Waals surface area contributed by atoms with E-state index in [1.165, 1.54) is 18.9 Å². The Morgan fingerprint density at radius 1 is 1.06 bits per heavy atom. The van der Waals surface area contributed by atoms with E-state index in [1.807, 2.05) is 68.4 Å². The maximum Gasteiger partial charge on any atom is 0.260 e. The Morgan fingerprint density at radius 3 is 2.64 bits per heavy atom. The van der Waals surface area contributed by atoms with E-state index in [1.54, 1.807) is 21.7 Å². The number of anilines is 2. The molecular weight excluding hydrogens is 640 g/mol. The van der Waals surface area contributed by atoms with Crippen molar-refractivity contribution >= 4 is 46.8 Å². The first-order valence-electron chi connectivity index (χ1n) is 15.2. The van der Waals surface area contributed by atoms with E-state index in [4.69, 9.17) is 35.9 Å². The minimum Gasteiger partial charge on any atom is -0.493 e. The maximum absolute atomic E-state index is 14.0. The molecule has 2 amide bonds. The van der Waals surface area contributed by atoms with Crippen LogP contribution in [0.5, 0.6) is 11.5 Å². The number of nitrogens with zero attached hydrogens (tertiary/aromatic N) is 4. The number of benzene rings is 3. The Bertz CT molecular complexity index is 1820. The van der Waals surface area contributed by atoms with Crippen molar-refractivity contribution in [2.75, 3.05) is 50.7 Å². The van der Waals surface area contributed by atoms with E-state index < -0.39 is 6.04 Å². The van der Waals surface area contributed by atoms with E-state index in [9.17, 15) is 9.59 Å². The molecule has 244 valence electrons. The number of carbonyl (C=O) groups is 2. The van der Waals surface area contributed by atoms with Gasteiger partial charge >= 0.3 is 0 Å². The van der Waals surface area contributed by atoms with Crippen LogP contribution >= 0.6 is 23.4 Å². The molecule has 0 radical (unpaired) electrons. The van der Waals surface area contributed by atoms with Gasteiger partial charge < -0.3 is 29.7 Å². The SMILES string of the molecule is COc1cc(C2C(C(=O)Nc3cccc(C)c3)=C(C)Nc3nc(SCc4ccccc4Cl)nn32)ccc1OCC(=O)N1CCOCC1. The molecule has 13 heteroatoms. The lowest BCUT2D eigenvalue weighted by atomic mass is 9.94. The number of hydrogen-bond acceptors (Lipinski definition) is 9. The lowest BCUT2D eigenvalue weighted by Gasteiger charge is -2.29. The van der Waals surface area contributed by atoms with Gasteiger partial charge in [0.25, 0.3) is 11.8 Å². The van der Waals surface area contributed by atoms with Gasteiger partial charge in [-0.05, 0) is 60.9 Å². The van der Waals surface area contributed by atoms with Crippen molar-refractivity contribution in [3.8, 4) is 11.5 Å². The molecule has 1 saturated heterocycles. The predicted molar refractivity (Wildman–Crippen MR) is 181 cm³/mol. The van der Waals surface area contributed by atoms with Gasteiger partial charge in [-0.2, -0.15) is 4.98 Å². The van der Waals surface area contributed by atoms with E-state index in [0.717, 1.165) is 16.7 Å². The van der Waals surface area contributed by atoms with Crippen molar-refractivity contribution < 1.29 is 23.8 Å². The van der Waals surface area contributed by atoms with Crippen LogP contribution in [0.4, 0.5) is 11.6 Å². The third-order valence-electron chi connectivity index (χ3n) is 7.89. The number of morpholine rings is 1. The van der Waals surface area contributed by atoms with Gasteiger partial charge in [-0.15, -0.1) is 5.10 Å². The van der Waals surface area contributed by atoms with Crippen LogP contribution in [-0.2, 0) is 20.1 Å². The molecule has 1 fully saturated rings. The molecule has 4 aromatic rings. The molecule has 1 atom stereocenters. The molecule has 3 aromatic carbocycles. The molecule has 0 spiro atoms. The number of ether oxygens (including phenoxy) is 3. The predicted octanol–water partition coefficient (Wildman–Crippen LogP) is 5.71. The molecule has 2 N–H and O–H groups in total. The Kier molecular flexibility index (Phi) is 10.00. The van der Waals surface area contributed by atoms with Crippen LogP contribution in [0.25, 0.3) is 0 Å². The fourth-order valence-electron chi connectivity index (χ4n) is 5.49. The van der Waals surface area contributed by atoms with Gasteiger partial charge in [0.15, 0.2) is 18.1 Å². The number of aryl methyl sites for hydroxylation is 1. The van der Waals surface area contributed by atoms with Crippen LogP contribution in [0.2, 0.25) is 5.02 Å². The molecule has 47 heavy (non-hydrogen) atoms. The summed E-state index contributed by atoms with van der Waals surface area (Å²) in [5, 5.41) is 12.4. The Balaban J connectivity index is 1.31. The number of amides is 2. The van der Waals surface area contributed by atoms with Crippen molar-refractivity contribution in [2.45, 2.75) is 30.8 Å². The second kappa shape index (κ2) is 14.5. The number of nitrogens with one attached hydrogen (secondary N) is 2. The molecule has 1 unspecified atom stereocenters. The average molecular weight is 675 g/mol. The van der Waals surface area contributed by atoms with Crippen LogP contribution in [0.3, 0.4) is 0 Å². The standard InChI is InChI=1S/C34H35ClN6O5S/c1-21-7-6-9-25(17-21)37-32(43)30-22(2)36-33-38-34(47-20-24-8-4-5-10-26(24)35)39-41(33)31(30)23-11-12-27(28(18-23)44-3)46-19-29(42)40-13-15-45-16-14-40/h4-12,17-18,31H,13-16,19-20H2,1-3H3,(H,37,43)(H,36,38,39). The summed E-state index contributed by atoms with van der Waals surface area (Å²) in [5.41, 5.74) is 4.50. The van der Waals surface area contributed by atoms with Gasteiger partial charge in [-0.1, -0.05) is 59.8 Å². The number of allylic oxidation sites excluding steroid dienone is 1. The molecule has 6 rings (SSSR count). The summed E-state index contributed by atoms with van der Waals surface area (Å²) in [6.45, 7) is 5.77. The molecule has 0 saturated carbocycles. The third kappa shape index (κ3) is 7.40. The molecule has 0 bridgehead atoms. The largest absolute Gasteiger partial charge is 0.493 e. The summed E-state index contributed by atoms with van der Waals surface area (Å²) in [5.74, 6) is 1.49. The molecule has 2 aliphatic heterocycles. The number of thioether (sulfide) groups is 1. The van der Waals surface area contributed by atoms with E-state index in [-0.39, 0.29) is 18.4 Å². The van der Waals surface area contributed by atoms with Gasteiger partial charge in [-0.3, -0.25) is 9.59 Å². The smallest absolute Gasteiger partial charge is 0.260 e. The Hall–Kier alpha value is -4.52. The zero-order valence-corrected chi connectivity index (χ0v) is 27.9. The molecule has 2 aliphatic rings. The summed E-state index contributed by atoms with van der Waals surface area (Å²) in [7, 11) is 1.54. The van der Waals surface area contributed by atoms with Crippen LogP contribution in [0, 0.1) is 6.92 Å². The number of rotatable bonds is 10. The number of halogens is 1. The zero-order chi connectivity index (χ0) is 32.9. The van der Waals surface area contributed by atoms with Crippen LogP contribution < -0.4 is 20.1 Å². The molecule has 3 heterocycles. The highest BCUT2D eigenvalue weighted by atomic mass is 35.5. The minimum absolute atomic E-state index is 0.125. The summed E-state index contributed by atoms with van der Waals surface area (Å²) >= 11 is 7.84. The normalized spacial score (nSPS) is 15.9. The highest BCUT2D eigenvalue weighted by Crippen LogP contribution is 2.40. The number of hydrogen-bond donors (Lipinski definition) is 2. The Labute approximate surface area is 282 Å². The summed E-state index contributed by atoms with van der Waals surface area (Å²) in [6, 6.07) is 20.0.